The predicted molar refractivity (Wildman–Crippen MR) is 111 cm³/mol. The van der Waals surface area contributed by atoms with Gasteiger partial charge in [0.2, 0.25) is 0 Å². The van der Waals surface area contributed by atoms with Crippen molar-refractivity contribution in [3.8, 4) is 5.69 Å². The van der Waals surface area contributed by atoms with E-state index in [-0.39, 0.29) is 5.91 Å². The third-order valence-corrected chi connectivity index (χ3v) is 5.26. The van der Waals surface area contributed by atoms with Gasteiger partial charge in [-0.3, -0.25) is 4.79 Å². The fourth-order valence-electron chi connectivity index (χ4n) is 3.67. The van der Waals surface area contributed by atoms with Crippen molar-refractivity contribution in [1.29, 1.82) is 0 Å². The topological polar surface area (TPSA) is 67.2 Å². The second-order valence-corrected chi connectivity index (χ2v) is 7.01. The maximum Gasteiger partial charge on any atom is 0.253 e. The summed E-state index contributed by atoms with van der Waals surface area (Å²) in [5.74, 6) is 0.0610. The molecule has 1 aliphatic heterocycles. The molecule has 5 rings (SSSR count). The van der Waals surface area contributed by atoms with E-state index >= 15 is 0 Å². The largest absolute Gasteiger partial charge is 0.368 e. The van der Waals surface area contributed by atoms with Gasteiger partial charge in [-0.2, -0.15) is 4.68 Å². The van der Waals surface area contributed by atoms with Crippen molar-refractivity contribution in [2.75, 3.05) is 31.1 Å². The molecule has 4 aromatic rings. The molecule has 1 saturated heterocycles. The van der Waals surface area contributed by atoms with Crippen LogP contribution < -0.4 is 4.90 Å². The Labute approximate surface area is 168 Å². The molecule has 1 fully saturated rings. The fraction of sp³-hybridized carbons (Fsp3) is 0.182. The number of carbonyl (C=O) groups excluding carboxylic acids is 1. The van der Waals surface area contributed by atoms with Gasteiger partial charge in [0.25, 0.3) is 5.91 Å². The van der Waals surface area contributed by atoms with Crippen LogP contribution in [0, 0.1) is 0 Å². The second kappa shape index (κ2) is 7.35. The van der Waals surface area contributed by atoms with E-state index in [2.05, 4.69) is 32.3 Å². The van der Waals surface area contributed by atoms with Crippen LogP contribution in [0.25, 0.3) is 16.9 Å². The molecule has 7 nitrogen and oxygen atoms in total. The molecule has 1 aliphatic rings. The first-order valence-corrected chi connectivity index (χ1v) is 9.66. The maximum atomic E-state index is 12.9. The molecule has 0 N–H and O–H groups in total. The van der Waals surface area contributed by atoms with E-state index in [0.717, 1.165) is 24.3 Å². The molecule has 0 bridgehead atoms. The molecule has 0 saturated carbocycles. The van der Waals surface area contributed by atoms with E-state index in [1.54, 1.807) is 10.9 Å². The third kappa shape index (κ3) is 3.31. The normalized spacial score (nSPS) is 14.3. The van der Waals surface area contributed by atoms with Gasteiger partial charge in [0.05, 0.1) is 5.69 Å². The number of amides is 1. The van der Waals surface area contributed by atoms with Crippen molar-refractivity contribution < 1.29 is 4.79 Å². The minimum absolute atomic E-state index is 0.0610. The van der Waals surface area contributed by atoms with Crippen molar-refractivity contribution in [1.82, 2.24) is 24.9 Å². The number of benzene rings is 2. The van der Waals surface area contributed by atoms with Gasteiger partial charge in [0, 0.05) is 43.6 Å². The standard InChI is InChI=1S/C22H20N6O/c29-22(27-15-13-26(14-16-27)18-5-2-1-3-6-18)17-8-10-19(11-9-17)28-21-20(24-25-28)7-4-12-23-21/h1-12H,13-16H2. The lowest BCUT2D eigenvalue weighted by Gasteiger charge is -2.36. The molecule has 2 aromatic carbocycles. The number of fused-ring (bicyclic) bond motifs is 1. The van der Waals surface area contributed by atoms with Crippen LogP contribution in [0.3, 0.4) is 0 Å². The summed E-state index contributed by atoms with van der Waals surface area (Å²) in [6.45, 7) is 3.11. The molecule has 7 heteroatoms. The number of para-hydroxylation sites is 1. The van der Waals surface area contributed by atoms with Gasteiger partial charge in [-0.1, -0.05) is 23.4 Å². The van der Waals surface area contributed by atoms with Gasteiger partial charge in [-0.15, -0.1) is 5.10 Å². The lowest BCUT2D eigenvalue weighted by Crippen LogP contribution is -2.48. The summed E-state index contributed by atoms with van der Waals surface area (Å²) in [5, 5.41) is 8.30. The van der Waals surface area contributed by atoms with E-state index in [9.17, 15) is 4.79 Å². The molecule has 1 amide bonds. The van der Waals surface area contributed by atoms with Crippen LogP contribution in [0.5, 0.6) is 0 Å². The Hall–Kier alpha value is -3.74. The lowest BCUT2D eigenvalue weighted by molar-refractivity contribution is 0.0747. The number of hydrogen-bond acceptors (Lipinski definition) is 5. The fourth-order valence-corrected chi connectivity index (χ4v) is 3.67. The Balaban J connectivity index is 1.29. The van der Waals surface area contributed by atoms with Gasteiger partial charge >= 0.3 is 0 Å². The summed E-state index contributed by atoms with van der Waals surface area (Å²) in [6.07, 6.45) is 1.72. The van der Waals surface area contributed by atoms with Crippen molar-refractivity contribution in [2.45, 2.75) is 0 Å². The van der Waals surface area contributed by atoms with Crippen molar-refractivity contribution in [2.24, 2.45) is 0 Å². The molecule has 2 aromatic heterocycles. The van der Waals surface area contributed by atoms with Gasteiger partial charge in [0.1, 0.15) is 5.52 Å². The third-order valence-electron chi connectivity index (χ3n) is 5.26. The summed E-state index contributed by atoms with van der Waals surface area (Å²) < 4.78 is 1.68. The van der Waals surface area contributed by atoms with E-state index < -0.39 is 0 Å². The van der Waals surface area contributed by atoms with Crippen LogP contribution in [0.1, 0.15) is 10.4 Å². The minimum atomic E-state index is 0.0610. The summed E-state index contributed by atoms with van der Waals surface area (Å²) >= 11 is 0. The van der Waals surface area contributed by atoms with Crippen LogP contribution >= 0.6 is 0 Å². The first-order chi connectivity index (χ1) is 14.3. The second-order valence-electron chi connectivity index (χ2n) is 7.01. The Kier molecular flexibility index (Phi) is 4.40. The highest BCUT2D eigenvalue weighted by molar-refractivity contribution is 5.94. The Bertz CT molecular complexity index is 1130. The SMILES string of the molecule is O=C(c1ccc(-n2nnc3cccnc32)cc1)N1CCN(c2ccccc2)CC1. The number of rotatable bonds is 3. The average molecular weight is 384 g/mol. The molecule has 0 aliphatic carbocycles. The predicted octanol–water partition coefficient (Wildman–Crippen LogP) is 2.78. The van der Waals surface area contributed by atoms with Crippen molar-refractivity contribution in [3.63, 3.8) is 0 Å². The first-order valence-electron chi connectivity index (χ1n) is 9.66. The van der Waals surface area contributed by atoms with Crippen LogP contribution in [-0.4, -0.2) is 57.0 Å². The minimum Gasteiger partial charge on any atom is -0.368 e. The molecule has 0 spiro atoms. The maximum absolute atomic E-state index is 12.9. The van der Waals surface area contributed by atoms with E-state index in [1.807, 2.05) is 59.5 Å². The van der Waals surface area contributed by atoms with E-state index in [4.69, 9.17) is 0 Å². The number of piperazine rings is 1. The van der Waals surface area contributed by atoms with Gasteiger partial charge in [0.15, 0.2) is 5.65 Å². The summed E-state index contributed by atoms with van der Waals surface area (Å²) in [6, 6.07) is 21.5. The first kappa shape index (κ1) is 17.4. The Morgan fingerprint density at radius 2 is 1.55 bits per heavy atom. The number of nitrogens with zero attached hydrogens (tertiary/aromatic N) is 6. The Morgan fingerprint density at radius 3 is 2.31 bits per heavy atom. The van der Waals surface area contributed by atoms with Crippen LogP contribution in [-0.2, 0) is 0 Å². The van der Waals surface area contributed by atoms with Crippen LogP contribution in [0.15, 0.2) is 72.9 Å². The monoisotopic (exact) mass is 384 g/mol. The lowest BCUT2D eigenvalue weighted by atomic mass is 10.1. The number of carbonyl (C=O) groups is 1. The van der Waals surface area contributed by atoms with Crippen molar-refractivity contribution >= 4 is 22.8 Å². The Morgan fingerprint density at radius 1 is 0.793 bits per heavy atom. The van der Waals surface area contributed by atoms with Crippen LogP contribution in [0.2, 0.25) is 0 Å². The summed E-state index contributed by atoms with van der Waals surface area (Å²) in [7, 11) is 0. The van der Waals surface area contributed by atoms with Crippen LogP contribution in [0.4, 0.5) is 5.69 Å². The van der Waals surface area contributed by atoms with Gasteiger partial charge < -0.3 is 9.80 Å². The van der Waals surface area contributed by atoms with Gasteiger partial charge in [-0.05, 0) is 48.5 Å². The zero-order valence-electron chi connectivity index (χ0n) is 15.8. The van der Waals surface area contributed by atoms with E-state index in [1.165, 1.54) is 5.69 Å². The number of aromatic nitrogens is 4. The van der Waals surface area contributed by atoms with Crippen molar-refractivity contribution in [3.05, 3.63) is 78.5 Å². The number of anilines is 1. The highest BCUT2D eigenvalue weighted by atomic mass is 16.2. The molecule has 144 valence electrons. The summed E-state index contributed by atoms with van der Waals surface area (Å²) in [5.41, 5.74) is 4.15. The molecular weight excluding hydrogens is 364 g/mol. The quantitative estimate of drug-likeness (QED) is 0.543. The highest BCUT2D eigenvalue weighted by Gasteiger charge is 2.22. The number of hydrogen-bond donors (Lipinski definition) is 0. The molecule has 3 heterocycles. The molecule has 29 heavy (non-hydrogen) atoms. The number of pyridine rings is 1. The highest BCUT2D eigenvalue weighted by Crippen LogP contribution is 2.18. The van der Waals surface area contributed by atoms with E-state index in [0.29, 0.717) is 24.3 Å². The molecule has 0 radical (unpaired) electrons. The zero-order chi connectivity index (χ0) is 19.6. The smallest absolute Gasteiger partial charge is 0.253 e. The molecule has 0 atom stereocenters. The zero-order valence-corrected chi connectivity index (χ0v) is 15.8. The average Bonchev–Trinajstić information content (AvgIpc) is 3.24. The summed E-state index contributed by atoms with van der Waals surface area (Å²) in [4.78, 5) is 21.5. The molecular formula is C22H20N6O. The molecule has 0 unspecified atom stereocenters. The van der Waals surface area contributed by atoms with Gasteiger partial charge in [-0.25, -0.2) is 4.98 Å².